The number of nitrogens with one attached hydrogen (secondary N) is 1. The van der Waals surface area contributed by atoms with Gasteiger partial charge in [0.2, 0.25) is 15.9 Å². The van der Waals surface area contributed by atoms with Crippen LogP contribution < -0.4 is 14.5 Å². The van der Waals surface area contributed by atoms with Gasteiger partial charge in [0.1, 0.15) is 23.7 Å². The molecule has 1 aromatic heterocycles. The highest BCUT2D eigenvalue weighted by molar-refractivity contribution is 7.93. The second-order valence-corrected chi connectivity index (χ2v) is 12.8. The lowest BCUT2D eigenvalue weighted by atomic mass is 9.94. The number of aromatic nitrogens is 1. The topological polar surface area (TPSA) is 123 Å². The highest BCUT2D eigenvalue weighted by Crippen LogP contribution is 2.37. The normalized spacial score (nSPS) is 19.1. The van der Waals surface area contributed by atoms with Gasteiger partial charge in [0.15, 0.2) is 0 Å². The molecule has 2 aromatic carbocycles. The minimum Gasteiger partial charge on any atom is -0.351 e. The molecule has 2 amide bonds. The number of benzene rings is 2. The van der Waals surface area contributed by atoms with Gasteiger partial charge in [0.25, 0.3) is 5.91 Å². The smallest absolute Gasteiger partial charge is 0.252 e. The SMILES string of the molecule is N#Cc1ccnc(N2[C@H](C(=O)N(c3cccc(F)c3)C(C(=O)NC3CCCCC3)c3ccccc3Cl)CCS2(=O)=O)c1. The molecule has 2 heterocycles. The molecule has 42 heavy (non-hydrogen) atoms. The molecule has 218 valence electrons. The number of hydrogen-bond donors (Lipinski definition) is 1. The Morgan fingerprint density at radius 2 is 1.83 bits per heavy atom. The Morgan fingerprint density at radius 1 is 1.07 bits per heavy atom. The van der Waals surface area contributed by atoms with E-state index in [4.69, 9.17) is 11.6 Å². The van der Waals surface area contributed by atoms with Gasteiger partial charge >= 0.3 is 0 Å². The third-order valence-corrected chi connectivity index (χ3v) is 9.74. The van der Waals surface area contributed by atoms with Gasteiger partial charge in [-0.3, -0.25) is 14.5 Å². The maximum Gasteiger partial charge on any atom is 0.252 e. The molecule has 0 spiro atoms. The second kappa shape index (κ2) is 12.5. The zero-order chi connectivity index (χ0) is 29.9. The first-order valence-electron chi connectivity index (χ1n) is 13.7. The van der Waals surface area contributed by atoms with Crippen LogP contribution in [0.2, 0.25) is 5.02 Å². The van der Waals surface area contributed by atoms with Gasteiger partial charge in [-0.25, -0.2) is 22.1 Å². The standard InChI is InChI=1S/C30H29ClFN5O4S/c31-25-12-5-4-11-24(25)28(29(38)35-22-8-2-1-3-9-22)36(23-10-6-7-21(32)18-23)30(39)26-14-16-42(40,41)37(26)27-17-20(19-33)13-15-34-27/h4-7,10-13,15,17-18,22,26,28H,1-3,8-9,14,16H2,(H,35,38)/t26-,28?/m0/s1. The van der Waals surface area contributed by atoms with Crippen molar-refractivity contribution in [2.45, 2.75) is 56.7 Å². The maximum absolute atomic E-state index is 14.6. The van der Waals surface area contributed by atoms with Crippen molar-refractivity contribution in [2.75, 3.05) is 15.0 Å². The molecule has 1 aliphatic carbocycles. The van der Waals surface area contributed by atoms with E-state index in [1.165, 1.54) is 36.5 Å². The van der Waals surface area contributed by atoms with Crippen LogP contribution in [0.5, 0.6) is 0 Å². The number of pyridine rings is 1. The summed E-state index contributed by atoms with van der Waals surface area (Å²) in [5.74, 6) is -2.36. The number of anilines is 2. The van der Waals surface area contributed by atoms with Gasteiger partial charge in [-0.1, -0.05) is 55.1 Å². The van der Waals surface area contributed by atoms with Gasteiger partial charge in [-0.15, -0.1) is 0 Å². The van der Waals surface area contributed by atoms with Crippen molar-refractivity contribution >= 4 is 44.9 Å². The molecule has 1 saturated carbocycles. The fourth-order valence-corrected chi connectivity index (χ4v) is 7.54. The van der Waals surface area contributed by atoms with Crippen molar-refractivity contribution in [1.82, 2.24) is 10.3 Å². The van der Waals surface area contributed by atoms with E-state index in [1.54, 1.807) is 24.3 Å². The quantitative estimate of drug-likeness (QED) is 0.407. The summed E-state index contributed by atoms with van der Waals surface area (Å²) in [7, 11) is -4.01. The Balaban J connectivity index is 1.64. The van der Waals surface area contributed by atoms with E-state index in [2.05, 4.69) is 10.3 Å². The molecule has 1 aliphatic heterocycles. The summed E-state index contributed by atoms with van der Waals surface area (Å²) in [5.41, 5.74) is 0.532. The van der Waals surface area contributed by atoms with Gasteiger partial charge in [0, 0.05) is 28.5 Å². The summed E-state index contributed by atoms with van der Waals surface area (Å²) in [5, 5.41) is 12.7. The molecule has 12 heteroatoms. The molecule has 2 fully saturated rings. The van der Waals surface area contributed by atoms with E-state index < -0.39 is 39.7 Å². The highest BCUT2D eigenvalue weighted by Gasteiger charge is 2.47. The van der Waals surface area contributed by atoms with Gasteiger partial charge in [-0.2, -0.15) is 5.26 Å². The zero-order valence-electron chi connectivity index (χ0n) is 22.6. The van der Waals surface area contributed by atoms with Crippen molar-refractivity contribution in [2.24, 2.45) is 0 Å². The molecule has 3 aromatic rings. The first kappa shape index (κ1) is 29.5. The predicted octanol–water partition coefficient (Wildman–Crippen LogP) is 4.88. The van der Waals surface area contributed by atoms with Crippen LogP contribution in [0.15, 0.2) is 66.9 Å². The molecule has 1 unspecified atom stereocenters. The monoisotopic (exact) mass is 609 g/mol. The molecular formula is C30H29ClFN5O4S. The Labute approximate surface area is 249 Å². The Kier molecular flexibility index (Phi) is 8.75. The predicted molar refractivity (Wildman–Crippen MR) is 157 cm³/mol. The Morgan fingerprint density at radius 3 is 2.55 bits per heavy atom. The number of carbonyl (C=O) groups excluding carboxylic acids is 2. The van der Waals surface area contributed by atoms with Crippen LogP contribution in [0.3, 0.4) is 0 Å². The van der Waals surface area contributed by atoms with E-state index in [1.807, 2.05) is 6.07 Å². The molecular weight excluding hydrogens is 581 g/mol. The molecule has 1 N–H and O–H groups in total. The third kappa shape index (κ3) is 6.10. The Bertz CT molecular complexity index is 1640. The number of sulfonamides is 1. The number of rotatable bonds is 7. The molecule has 5 rings (SSSR count). The van der Waals surface area contributed by atoms with Crippen LogP contribution in [0.1, 0.15) is 55.7 Å². The van der Waals surface area contributed by atoms with E-state index in [0.29, 0.717) is 5.56 Å². The summed E-state index contributed by atoms with van der Waals surface area (Å²) in [4.78, 5) is 34.0. The molecule has 2 atom stereocenters. The van der Waals surface area contributed by atoms with Crippen molar-refractivity contribution in [3.8, 4) is 6.07 Å². The lowest BCUT2D eigenvalue weighted by molar-refractivity contribution is -0.127. The lowest BCUT2D eigenvalue weighted by Gasteiger charge is -2.36. The third-order valence-electron chi connectivity index (χ3n) is 7.60. The largest absolute Gasteiger partial charge is 0.351 e. The second-order valence-electron chi connectivity index (χ2n) is 10.4. The summed E-state index contributed by atoms with van der Waals surface area (Å²) in [6.45, 7) is 0. The summed E-state index contributed by atoms with van der Waals surface area (Å²) in [6, 6.07) is 13.7. The number of amides is 2. The van der Waals surface area contributed by atoms with E-state index in [0.717, 1.165) is 47.4 Å². The fraction of sp³-hybridized carbons (Fsp3) is 0.333. The number of carbonyl (C=O) groups is 2. The van der Waals surface area contributed by atoms with Gasteiger partial charge in [-0.05, 0) is 55.7 Å². The maximum atomic E-state index is 14.6. The highest BCUT2D eigenvalue weighted by atomic mass is 35.5. The van der Waals surface area contributed by atoms with Crippen LogP contribution in [0.4, 0.5) is 15.9 Å². The number of nitrogens with zero attached hydrogens (tertiary/aromatic N) is 4. The van der Waals surface area contributed by atoms with Crippen LogP contribution in [-0.4, -0.2) is 43.1 Å². The molecule has 0 radical (unpaired) electrons. The minimum absolute atomic E-state index is 0.0618. The van der Waals surface area contributed by atoms with Crippen molar-refractivity contribution in [3.63, 3.8) is 0 Å². The van der Waals surface area contributed by atoms with Gasteiger partial charge < -0.3 is 5.32 Å². The van der Waals surface area contributed by atoms with Crippen LogP contribution in [-0.2, 0) is 19.6 Å². The van der Waals surface area contributed by atoms with Crippen molar-refractivity contribution in [3.05, 3.63) is 88.8 Å². The van der Waals surface area contributed by atoms with Crippen LogP contribution in [0.25, 0.3) is 0 Å². The van der Waals surface area contributed by atoms with Crippen molar-refractivity contribution < 1.29 is 22.4 Å². The van der Waals surface area contributed by atoms with E-state index in [-0.39, 0.29) is 40.3 Å². The van der Waals surface area contributed by atoms with Crippen LogP contribution >= 0.6 is 11.6 Å². The number of halogens is 2. The summed E-state index contributed by atoms with van der Waals surface area (Å²) >= 11 is 6.60. The molecule has 0 bridgehead atoms. The van der Waals surface area contributed by atoms with E-state index in [9.17, 15) is 27.7 Å². The summed E-state index contributed by atoms with van der Waals surface area (Å²) < 4.78 is 42.0. The fourth-order valence-electron chi connectivity index (χ4n) is 5.62. The Hall–Kier alpha value is -4.01. The van der Waals surface area contributed by atoms with Crippen molar-refractivity contribution in [1.29, 1.82) is 5.26 Å². The molecule has 1 saturated heterocycles. The van der Waals surface area contributed by atoms with Gasteiger partial charge in [0.05, 0.1) is 17.4 Å². The zero-order valence-corrected chi connectivity index (χ0v) is 24.2. The first-order chi connectivity index (χ1) is 20.2. The summed E-state index contributed by atoms with van der Waals surface area (Å²) in [6.07, 6.45) is 5.73. The number of hydrogen-bond acceptors (Lipinski definition) is 6. The average Bonchev–Trinajstić information content (AvgIpc) is 3.31. The molecule has 2 aliphatic rings. The first-order valence-corrected chi connectivity index (χ1v) is 15.7. The van der Waals surface area contributed by atoms with E-state index >= 15 is 0 Å². The minimum atomic E-state index is -4.01. The lowest BCUT2D eigenvalue weighted by Crippen LogP contribution is -2.53. The molecule has 9 nitrogen and oxygen atoms in total. The van der Waals surface area contributed by atoms with Crippen LogP contribution in [0, 0.1) is 17.1 Å². The number of nitriles is 1. The average molecular weight is 610 g/mol.